The summed E-state index contributed by atoms with van der Waals surface area (Å²) in [7, 11) is 0. The average Bonchev–Trinajstić information content (AvgIpc) is 2.57. The van der Waals surface area contributed by atoms with Crippen LogP contribution in [0.3, 0.4) is 0 Å². The van der Waals surface area contributed by atoms with E-state index in [1.165, 1.54) is 6.07 Å². The molecule has 0 N–H and O–H groups in total. The van der Waals surface area contributed by atoms with E-state index in [0.717, 1.165) is 5.56 Å². The lowest BCUT2D eigenvalue weighted by molar-refractivity contribution is 0.0511. The van der Waals surface area contributed by atoms with Gasteiger partial charge in [-0.1, -0.05) is 40.5 Å². The Morgan fingerprint density at radius 1 is 1.26 bits per heavy atom. The summed E-state index contributed by atoms with van der Waals surface area (Å²) in [6, 6.07) is 3.23. The summed E-state index contributed by atoms with van der Waals surface area (Å²) in [4.78, 5) is 0.0780. The monoisotopic (exact) mass is 348 g/mol. The standard InChI is InChI=1S/C15H19BrClFO/c1-7-5-11(12(17)6-13(7)18)15(16)14-8(2)9(3)19-10(14)4/h5-6,8-10,14-15H,1-4H3. The van der Waals surface area contributed by atoms with Crippen LogP contribution in [0.1, 0.15) is 36.7 Å². The molecule has 5 atom stereocenters. The van der Waals surface area contributed by atoms with Gasteiger partial charge in [-0.2, -0.15) is 0 Å². The van der Waals surface area contributed by atoms with E-state index in [4.69, 9.17) is 16.3 Å². The van der Waals surface area contributed by atoms with Crippen molar-refractivity contribution in [2.45, 2.75) is 44.7 Å². The second kappa shape index (κ2) is 5.71. The summed E-state index contributed by atoms with van der Waals surface area (Å²) in [5.74, 6) is 0.503. The van der Waals surface area contributed by atoms with Crippen LogP contribution in [-0.2, 0) is 4.74 Å². The van der Waals surface area contributed by atoms with Gasteiger partial charge in [0.2, 0.25) is 0 Å². The molecule has 1 fully saturated rings. The number of benzene rings is 1. The Hall–Kier alpha value is -0.120. The molecule has 0 aromatic heterocycles. The van der Waals surface area contributed by atoms with Gasteiger partial charge in [-0.3, -0.25) is 0 Å². The van der Waals surface area contributed by atoms with E-state index in [0.29, 0.717) is 22.4 Å². The lowest BCUT2D eigenvalue weighted by Gasteiger charge is -2.25. The zero-order chi connectivity index (χ0) is 14.3. The van der Waals surface area contributed by atoms with Gasteiger partial charge in [0.25, 0.3) is 0 Å². The topological polar surface area (TPSA) is 9.23 Å². The van der Waals surface area contributed by atoms with E-state index in [1.807, 2.05) is 6.07 Å². The molecule has 1 aromatic rings. The molecule has 0 aliphatic carbocycles. The van der Waals surface area contributed by atoms with Gasteiger partial charge in [0, 0.05) is 15.8 Å². The van der Waals surface area contributed by atoms with Gasteiger partial charge in [-0.05, 0) is 43.9 Å². The van der Waals surface area contributed by atoms with Gasteiger partial charge in [0.05, 0.1) is 12.2 Å². The van der Waals surface area contributed by atoms with E-state index in [-0.39, 0.29) is 22.9 Å². The molecule has 19 heavy (non-hydrogen) atoms. The highest BCUT2D eigenvalue weighted by molar-refractivity contribution is 9.09. The number of halogens is 3. The highest BCUT2D eigenvalue weighted by Crippen LogP contribution is 2.46. The number of alkyl halides is 1. The second-order valence-electron chi connectivity index (χ2n) is 5.51. The highest BCUT2D eigenvalue weighted by Gasteiger charge is 2.41. The first-order valence-electron chi connectivity index (χ1n) is 6.58. The Morgan fingerprint density at radius 3 is 2.42 bits per heavy atom. The Kier molecular flexibility index (Phi) is 4.59. The normalized spacial score (nSPS) is 32.6. The van der Waals surface area contributed by atoms with Crippen molar-refractivity contribution in [2.24, 2.45) is 11.8 Å². The van der Waals surface area contributed by atoms with Crippen LogP contribution in [0.2, 0.25) is 5.02 Å². The third-order valence-electron chi connectivity index (χ3n) is 4.23. The first kappa shape index (κ1) is 15.3. The van der Waals surface area contributed by atoms with Gasteiger partial charge < -0.3 is 4.74 Å². The van der Waals surface area contributed by atoms with Gasteiger partial charge >= 0.3 is 0 Å². The molecular weight excluding hydrogens is 331 g/mol. The summed E-state index contributed by atoms with van der Waals surface area (Å²) < 4.78 is 19.4. The van der Waals surface area contributed by atoms with Crippen LogP contribution in [0.15, 0.2) is 12.1 Å². The summed E-state index contributed by atoms with van der Waals surface area (Å²) >= 11 is 9.94. The fraction of sp³-hybridized carbons (Fsp3) is 0.600. The second-order valence-corrected chi connectivity index (χ2v) is 6.90. The predicted molar refractivity (Wildman–Crippen MR) is 80.5 cm³/mol. The molecule has 1 heterocycles. The molecule has 0 bridgehead atoms. The fourth-order valence-electron chi connectivity index (χ4n) is 2.90. The smallest absolute Gasteiger partial charge is 0.127 e. The summed E-state index contributed by atoms with van der Waals surface area (Å²) in [6.07, 6.45) is 0.399. The molecule has 1 aliphatic rings. The number of aryl methyl sites for hydroxylation is 1. The van der Waals surface area contributed by atoms with Crippen molar-refractivity contribution in [3.8, 4) is 0 Å². The molecule has 5 unspecified atom stereocenters. The molecule has 0 amide bonds. The third kappa shape index (κ3) is 2.84. The van der Waals surface area contributed by atoms with Gasteiger partial charge in [0.1, 0.15) is 5.82 Å². The Balaban J connectivity index is 2.34. The van der Waals surface area contributed by atoms with E-state index >= 15 is 0 Å². The SMILES string of the molecule is Cc1cc(C(Br)C2C(C)OC(C)C2C)c(Cl)cc1F. The molecule has 0 saturated carbocycles. The molecule has 1 aromatic carbocycles. The van der Waals surface area contributed by atoms with Crippen molar-refractivity contribution in [1.29, 1.82) is 0 Å². The average molecular weight is 350 g/mol. The van der Waals surface area contributed by atoms with Gasteiger partial charge in [0.15, 0.2) is 0 Å². The largest absolute Gasteiger partial charge is 0.375 e. The zero-order valence-corrected chi connectivity index (χ0v) is 13.9. The Labute approximate surface area is 127 Å². The van der Waals surface area contributed by atoms with Crippen molar-refractivity contribution >= 4 is 27.5 Å². The van der Waals surface area contributed by atoms with E-state index in [2.05, 4.69) is 36.7 Å². The highest BCUT2D eigenvalue weighted by atomic mass is 79.9. The van der Waals surface area contributed by atoms with E-state index in [1.54, 1.807) is 6.92 Å². The summed E-state index contributed by atoms with van der Waals surface area (Å²) in [6.45, 7) is 8.13. The van der Waals surface area contributed by atoms with Crippen LogP contribution < -0.4 is 0 Å². The Bertz CT molecular complexity index is 479. The maximum Gasteiger partial charge on any atom is 0.127 e. The van der Waals surface area contributed by atoms with E-state index in [9.17, 15) is 4.39 Å². The summed E-state index contributed by atoms with van der Waals surface area (Å²) in [5.41, 5.74) is 1.57. The minimum atomic E-state index is -0.259. The maximum atomic E-state index is 13.5. The molecule has 1 saturated heterocycles. The fourth-order valence-corrected chi connectivity index (χ4v) is 4.59. The summed E-state index contributed by atoms with van der Waals surface area (Å²) in [5, 5.41) is 0.476. The Morgan fingerprint density at radius 2 is 1.89 bits per heavy atom. The van der Waals surface area contributed by atoms with Crippen molar-refractivity contribution in [1.82, 2.24) is 0 Å². The first-order chi connectivity index (χ1) is 8.82. The van der Waals surface area contributed by atoms with Gasteiger partial charge in [-0.15, -0.1) is 0 Å². The van der Waals surface area contributed by atoms with Crippen LogP contribution >= 0.6 is 27.5 Å². The third-order valence-corrected chi connectivity index (χ3v) is 5.66. The minimum absolute atomic E-state index is 0.0780. The lowest BCUT2D eigenvalue weighted by Crippen LogP contribution is -2.22. The van der Waals surface area contributed by atoms with Gasteiger partial charge in [-0.25, -0.2) is 4.39 Å². The van der Waals surface area contributed by atoms with E-state index < -0.39 is 0 Å². The predicted octanol–water partition coefficient (Wildman–Crippen LogP) is 5.28. The molecule has 1 aliphatic heterocycles. The number of rotatable bonds is 2. The minimum Gasteiger partial charge on any atom is -0.375 e. The molecule has 0 radical (unpaired) electrons. The molecular formula is C15H19BrClFO. The van der Waals surface area contributed by atoms with Crippen LogP contribution in [0.25, 0.3) is 0 Å². The molecule has 106 valence electrons. The van der Waals surface area contributed by atoms with Crippen molar-refractivity contribution in [3.63, 3.8) is 0 Å². The lowest BCUT2D eigenvalue weighted by atomic mass is 9.84. The van der Waals surface area contributed by atoms with Crippen LogP contribution in [0, 0.1) is 24.6 Å². The molecule has 1 nitrogen and oxygen atoms in total. The van der Waals surface area contributed by atoms with Crippen LogP contribution in [-0.4, -0.2) is 12.2 Å². The van der Waals surface area contributed by atoms with Crippen molar-refractivity contribution < 1.29 is 9.13 Å². The van der Waals surface area contributed by atoms with Crippen LogP contribution in [0.5, 0.6) is 0 Å². The van der Waals surface area contributed by atoms with Crippen LogP contribution in [0.4, 0.5) is 4.39 Å². The zero-order valence-electron chi connectivity index (χ0n) is 11.6. The maximum absolute atomic E-state index is 13.5. The van der Waals surface area contributed by atoms with Crippen molar-refractivity contribution in [3.05, 3.63) is 34.1 Å². The van der Waals surface area contributed by atoms with Crippen molar-refractivity contribution in [2.75, 3.05) is 0 Å². The first-order valence-corrected chi connectivity index (χ1v) is 7.87. The number of hydrogen-bond donors (Lipinski definition) is 0. The number of ether oxygens (including phenoxy) is 1. The quantitative estimate of drug-likeness (QED) is 0.660. The molecule has 4 heteroatoms. The molecule has 2 rings (SSSR count). The number of hydrogen-bond acceptors (Lipinski definition) is 1. The molecule has 0 spiro atoms.